The number of carbonyl (C=O) groups excluding carboxylic acids is 1. The van der Waals surface area contributed by atoms with Gasteiger partial charge in [-0.3, -0.25) is 0 Å². The second-order valence-electron chi connectivity index (χ2n) is 2.61. The van der Waals surface area contributed by atoms with E-state index in [0.29, 0.717) is 0 Å². The third-order valence-corrected chi connectivity index (χ3v) is 1.62. The van der Waals surface area contributed by atoms with E-state index in [1.54, 1.807) is 0 Å². The summed E-state index contributed by atoms with van der Waals surface area (Å²) in [4.78, 5) is 10.1. The van der Waals surface area contributed by atoms with Crippen LogP contribution in [0.15, 0.2) is 24.3 Å². The highest BCUT2D eigenvalue weighted by Gasteiger charge is 2.11. The molecule has 0 aliphatic carbocycles. The molecule has 1 aromatic carbocycles. The minimum atomic E-state index is -1.41. The highest BCUT2D eigenvalue weighted by molar-refractivity contribution is 5.65. The zero-order valence-electron chi connectivity index (χ0n) is 6.74. The first-order chi connectivity index (χ1) is 6.11. The maximum absolute atomic E-state index is 12.9. The number of aliphatic carboxylic acids is 1. The fourth-order valence-electron chi connectivity index (χ4n) is 1.01. The number of benzene rings is 1. The molecule has 1 unspecified atom stereocenters. The number of aliphatic hydroxyl groups excluding tert-OH is 1. The van der Waals surface area contributed by atoms with Crippen LogP contribution in [0.3, 0.4) is 0 Å². The van der Waals surface area contributed by atoms with Gasteiger partial charge in [-0.2, -0.15) is 0 Å². The molecular formula is C9H8FO3-. The van der Waals surface area contributed by atoms with Gasteiger partial charge < -0.3 is 15.0 Å². The summed E-state index contributed by atoms with van der Waals surface area (Å²) in [5.41, 5.74) is -0.0216. The number of carboxylic acid groups (broad SMARTS) is 1. The van der Waals surface area contributed by atoms with Crippen LogP contribution in [0.2, 0.25) is 0 Å². The van der Waals surface area contributed by atoms with Gasteiger partial charge in [0, 0.05) is 18.0 Å². The number of aliphatic hydroxyl groups is 1. The van der Waals surface area contributed by atoms with Crippen LogP contribution in [0.4, 0.5) is 4.39 Å². The lowest BCUT2D eigenvalue weighted by Crippen LogP contribution is -2.24. The first-order valence-corrected chi connectivity index (χ1v) is 3.73. The van der Waals surface area contributed by atoms with Gasteiger partial charge in [0.1, 0.15) is 5.82 Å². The molecule has 0 amide bonds. The van der Waals surface area contributed by atoms with Crippen molar-refractivity contribution in [1.29, 1.82) is 0 Å². The number of carbonyl (C=O) groups is 1. The molecule has 3 nitrogen and oxygen atoms in total. The van der Waals surface area contributed by atoms with E-state index in [4.69, 9.17) is 0 Å². The molecule has 0 fully saturated rings. The zero-order chi connectivity index (χ0) is 9.84. The Hall–Kier alpha value is -1.42. The monoisotopic (exact) mass is 183 g/mol. The average molecular weight is 183 g/mol. The largest absolute Gasteiger partial charge is 0.550 e. The quantitative estimate of drug-likeness (QED) is 0.717. The molecule has 0 aromatic heterocycles. The van der Waals surface area contributed by atoms with Gasteiger partial charge >= 0.3 is 0 Å². The lowest BCUT2D eigenvalue weighted by atomic mass is 10.1. The van der Waals surface area contributed by atoms with Crippen LogP contribution < -0.4 is 5.11 Å². The fraction of sp³-hybridized carbons (Fsp3) is 0.222. The number of hydrogen-bond donors (Lipinski definition) is 1. The molecule has 0 aliphatic heterocycles. The fourth-order valence-corrected chi connectivity index (χ4v) is 1.01. The molecule has 0 bridgehead atoms. The van der Waals surface area contributed by atoms with Crippen molar-refractivity contribution >= 4 is 5.97 Å². The summed E-state index contributed by atoms with van der Waals surface area (Å²) < 4.78 is 12.9. The molecule has 0 radical (unpaired) electrons. The smallest absolute Gasteiger partial charge is 0.129 e. The van der Waals surface area contributed by atoms with E-state index in [9.17, 15) is 19.4 Å². The van der Waals surface area contributed by atoms with Crippen LogP contribution in [-0.2, 0) is 4.79 Å². The molecule has 1 atom stereocenters. The van der Waals surface area contributed by atoms with Gasteiger partial charge in [0.2, 0.25) is 0 Å². The van der Waals surface area contributed by atoms with Crippen LogP contribution >= 0.6 is 0 Å². The Bertz CT molecular complexity index is 311. The summed E-state index contributed by atoms with van der Waals surface area (Å²) in [6.07, 6.45) is -1.94. The molecule has 0 heterocycles. The average Bonchev–Trinajstić information content (AvgIpc) is 2.03. The predicted molar refractivity (Wildman–Crippen MR) is 41.0 cm³/mol. The van der Waals surface area contributed by atoms with Crippen molar-refractivity contribution in [1.82, 2.24) is 0 Å². The Labute approximate surface area is 74.4 Å². The Morgan fingerprint density at radius 1 is 1.54 bits per heavy atom. The van der Waals surface area contributed by atoms with Crippen LogP contribution in [0.25, 0.3) is 0 Å². The van der Waals surface area contributed by atoms with Crippen LogP contribution in [0.1, 0.15) is 18.1 Å². The molecule has 0 saturated carbocycles. The van der Waals surface area contributed by atoms with Gasteiger partial charge in [0.15, 0.2) is 0 Å². The highest BCUT2D eigenvalue weighted by Crippen LogP contribution is 2.18. The van der Waals surface area contributed by atoms with Crippen molar-refractivity contribution in [2.75, 3.05) is 0 Å². The lowest BCUT2D eigenvalue weighted by molar-refractivity contribution is -0.307. The van der Waals surface area contributed by atoms with E-state index in [1.165, 1.54) is 18.2 Å². The first kappa shape index (κ1) is 9.67. The van der Waals surface area contributed by atoms with E-state index in [2.05, 4.69) is 0 Å². The van der Waals surface area contributed by atoms with E-state index >= 15 is 0 Å². The van der Waals surface area contributed by atoms with E-state index in [1.807, 2.05) is 0 Å². The minimum absolute atomic E-state index is 0.0216. The Morgan fingerprint density at radius 2 is 2.15 bits per heavy atom. The van der Waals surface area contributed by atoms with Gasteiger partial charge in [-0.1, -0.05) is 18.2 Å². The normalized spacial score (nSPS) is 12.5. The molecule has 0 saturated heterocycles. The van der Waals surface area contributed by atoms with E-state index in [0.717, 1.165) is 6.07 Å². The molecule has 0 aliphatic rings. The van der Waals surface area contributed by atoms with E-state index < -0.39 is 24.3 Å². The predicted octanol–water partition coefficient (Wildman–Crippen LogP) is -0.000900. The molecule has 1 rings (SSSR count). The van der Waals surface area contributed by atoms with Crippen molar-refractivity contribution in [3.8, 4) is 0 Å². The number of halogens is 1. The van der Waals surface area contributed by atoms with Gasteiger partial charge in [-0.15, -0.1) is 0 Å². The second kappa shape index (κ2) is 4.00. The minimum Gasteiger partial charge on any atom is -0.550 e. The van der Waals surface area contributed by atoms with Crippen LogP contribution in [0, 0.1) is 5.82 Å². The maximum Gasteiger partial charge on any atom is 0.129 e. The van der Waals surface area contributed by atoms with Crippen molar-refractivity contribution in [3.63, 3.8) is 0 Å². The topological polar surface area (TPSA) is 60.4 Å². The number of carboxylic acids is 1. The van der Waals surface area contributed by atoms with Gasteiger partial charge in [-0.05, 0) is 6.07 Å². The summed E-state index contributed by atoms with van der Waals surface area (Å²) >= 11 is 0. The summed E-state index contributed by atoms with van der Waals surface area (Å²) in [6, 6.07) is 5.48. The second-order valence-corrected chi connectivity index (χ2v) is 2.61. The van der Waals surface area contributed by atoms with Crippen molar-refractivity contribution in [2.24, 2.45) is 0 Å². The number of hydrogen-bond acceptors (Lipinski definition) is 3. The molecule has 1 aromatic rings. The highest BCUT2D eigenvalue weighted by atomic mass is 19.1. The molecule has 70 valence electrons. The summed E-state index contributed by atoms with van der Waals surface area (Å²) in [5.74, 6) is -2.02. The molecular weight excluding hydrogens is 175 g/mol. The van der Waals surface area contributed by atoms with Crippen molar-refractivity contribution in [2.45, 2.75) is 12.5 Å². The summed E-state index contributed by atoms with van der Waals surface area (Å²) in [6.45, 7) is 0. The first-order valence-electron chi connectivity index (χ1n) is 3.73. The molecule has 1 N–H and O–H groups in total. The Kier molecular flexibility index (Phi) is 2.97. The third-order valence-electron chi connectivity index (χ3n) is 1.62. The molecule has 0 spiro atoms. The van der Waals surface area contributed by atoms with Crippen molar-refractivity contribution in [3.05, 3.63) is 35.6 Å². The molecule has 4 heteroatoms. The van der Waals surface area contributed by atoms with Crippen molar-refractivity contribution < 1.29 is 19.4 Å². The summed E-state index contributed by atoms with van der Waals surface area (Å²) in [5, 5.41) is 19.3. The van der Waals surface area contributed by atoms with Gasteiger partial charge in [0.05, 0.1) is 6.10 Å². The molecule has 13 heavy (non-hydrogen) atoms. The standard InChI is InChI=1S/C9H9FO3/c10-7-4-2-1-3-6(7)8(11)5-9(12)13/h1-4,8,11H,5H2,(H,12,13)/p-1. The van der Waals surface area contributed by atoms with Gasteiger partial charge in [-0.25, -0.2) is 4.39 Å². The third kappa shape index (κ3) is 2.52. The van der Waals surface area contributed by atoms with Crippen LogP contribution in [0.5, 0.6) is 0 Å². The van der Waals surface area contributed by atoms with Crippen LogP contribution in [-0.4, -0.2) is 11.1 Å². The number of rotatable bonds is 3. The Morgan fingerprint density at radius 3 is 2.69 bits per heavy atom. The SMILES string of the molecule is O=C([O-])CC(O)c1ccccc1F. The zero-order valence-corrected chi connectivity index (χ0v) is 6.74. The maximum atomic E-state index is 12.9. The van der Waals surface area contributed by atoms with Gasteiger partial charge in [0.25, 0.3) is 0 Å². The lowest BCUT2D eigenvalue weighted by Gasteiger charge is -2.11. The Balaban J connectivity index is 2.82. The summed E-state index contributed by atoms with van der Waals surface area (Å²) in [7, 11) is 0. The van der Waals surface area contributed by atoms with E-state index in [-0.39, 0.29) is 5.56 Å².